The molecule has 0 spiro atoms. The number of thiazole rings is 1. The molecule has 4 heterocycles. The number of aromatic nitrogens is 3. The number of thiophene rings is 1. The molecule has 1 N–H and O–H groups in total. The second-order valence-electron chi connectivity index (χ2n) is 6.40. The van der Waals surface area contributed by atoms with Gasteiger partial charge < -0.3 is 10.1 Å². The normalized spacial score (nSPS) is 11.0. The Labute approximate surface area is 185 Å². The first-order valence-electron chi connectivity index (χ1n) is 9.17. The zero-order chi connectivity index (χ0) is 20.3. The van der Waals surface area contributed by atoms with Crippen LogP contribution in [-0.2, 0) is 0 Å². The van der Waals surface area contributed by atoms with E-state index in [0.717, 1.165) is 31.9 Å². The van der Waals surface area contributed by atoms with Crippen molar-refractivity contribution in [1.29, 1.82) is 0 Å². The van der Waals surface area contributed by atoms with Crippen molar-refractivity contribution in [3.63, 3.8) is 0 Å². The van der Waals surface area contributed by atoms with Gasteiger partial charge in [-0.05, 0) is 36.6 Å². The Morgan fingerprint density at radius 1 is 1.03 bits per heavy atom. The van der Waals surface area contributed by atoms with Crippen molar-refractivity contribution in [3.05, 3.63) is 77.4 Å². The van der Waals surface area contributed by atoms with E-state index in [-0.39, 0.29) is 0 Å². The van der Waals surface area contributed by atoms with Gasteiger partial charge in [0.1, 0.15) is 5.75 Å². The minimum atomic E-state index is 0.633. The van der Waals surface area contributed by atoms with Gasteiger partial charge in [0.25, 0.3) is 0 Å². The summed E-state index contributed by atoms with van der Waals surface area (Å²) in [7, 11) is 0. The average molecular weight is 449 g/mol. The highest BCUT2D eigenvalue weighted by Gasteiger charge is 2.13. The molecule has 0 saturated carbocycles. The summed E-state index contributed by atoms with van der Waals surface area (Å²) in [6.45, 7) is 1.97. The van der Waals surface area contributed by atoms with Gasteiger partial charge in [-0.25, -0.2) is 9.97 Å². The Kier molecular flexibility index (Phi) is 5.35. The number of nitrogens with zero attached hydrogens (tertiary/aromatic N) is 3. The molecule has 0 aliphatic carbocycles. The van der Waals surface area contributed by atoms with Crippen molar-refractivity contribution < 1.29 is 4.74 Å². The maximum absolute atomic E-state index is 6.17. The van der Waals surface area contributed by atoms with Gasteiger partial charge in [0.05, 0.1) is 15.9 Å². The van der Waals surface area contributed by atoms with Gasteiger partial charge in [-0.2, -0.15) is 0 Å². The third-order valence-corrected chi connectivity index (χ3v) is 7.14. The summed E-state index contributed by atoms with van der Waals surface area (Å²) in [6, 6.07) is 15.8. The van der Waals surface area contributed by atoms with E-state index in [2.05, 4.69) is 25.6 Å². The Morgan fingerprint density at radius 2 is 1.93 bits per heavy atom. The summed E-state index contributed by atoms with van der Waals surface area (Å²) in [5, 5.41) is 8.13. The third kappa shape index (κ3) is 4.16. The van der Waals surface area contributed by atoms with Crippen molar-refractivity contribution in [2.75, 3.05) is 5.32 Å². The van der Waals surface area contributed by atoms with E-state index in [0.29, 0.717) is 11.6 Å². The zero-order valence-corrected chi connectivity index (χ0v) is 18.4. The van der Waals surface area contributed by atoms with Crippen LogP contribution in [0.4, 0.5) is 10.9 Å². The summed E-state index contributed by atoms with van der Waals surface area (Å²) in [5.74, 6) is 2.04. The largest absolute Gasteiger partial charge is 0.453 e. The highest BCUT2D eigenvalue weighted by molar-refractivity contribution is 7.99. The maximum atomic E-state index is 6.17. The van der Waals surface area contributed by atoms with Gasteiger partial charge in [0.15, 0.2) is 16.7 Å². The average Bonchev–Trinajstić information content (AvgIpc) is 3.40. The molecule has 0 unspecified atom stereocenters. The van der Waals surface area contributed by atoms with Crippen molar-refractivity contribution in [2.45, 2.75) is 16.7 Å². The number of aryl methyl sites for hydroxylation is 1. The number of anilines is 2. The first-order chi connectivity index (χ1) is 14.7. The molecule has 5 aromatic rings. The number of pyridine rings is 2. The molecule has 0 aliphatic rings. The van der Waals surface area contributed by atoms with E-state index >= 15 is 0 Å². The molecule has 0 amide bonds. The lowest BCUT2D eigenvalue weighted by atomic mass is 10.3. The number of rotatable bonds is 6. The molecule has 0 atom stereocenters. The van der Waals surface area contributed by atoms with Gasteiger partial charge in [-0.15, -0.1) is 22.7 Å². The number of para-hydroxylation sites is 1. The zero-order valence-electron chi connectivity index (χ0n) is 15.9. The second kappa shape index (κ2) is 8.43. The molecule has 4 aromatic heterocycles. The van der Waals surface area contributed by atoms with Gasteiger partial charge in [0.2, 0.25) is 0 Å². The predicted molar refractivity (Wildman–Crippen MR) is 125 cm³/mol. The quantitative estimate of drug-likeness (QED) is 0.298. The van der Waals surface area contributed by atoms with Gasteiger partial charge in [-0.1, -0.05) is 30.0 Å². The fraction of sp³-hybridized carbons (Fsp3) is 0.0455. The SMILES string of the molecule is Cc1csc(Nc2ncc(Sc3ccnc4ccsc34)cc2Oc2ccccc2)n1. The Morgan fingerprint density at radius 3 is 2.77 bits per heavy atom. The Bertz CT molecular complexity index is 1300. The standard InChI is InChI=1S/C22H16N4OS3/c1-14-13-29-22(25-14)26-21-18(27-15-5-3-2-4-6-15)11-16(12-24-21)30-19-7-9-23-17-8-10-28-20(17)19/h2-13H,1H3,(H,24,25,26). The summed E-state index contributed by atoms with van der Waals surface area (Å²) in [6.07, 6.45) is 3.69. The summed E-state index contributed by atoms with van der Waals surface area (Å²) >= 11 is 4.89. The first-order valence-corrected chi connectivity index (χ1v) is 11.7. The van der Waals surface area contributed by atoms with Crippen molar-refractivity contribution in [2.24, 2.45) is 0 Å². The molecule has 8 heteroatoms. The highest BCUT2D eigenvalue weighted by Crippen LogP contribution is 2.39. The monoisotopic (exact) mass is 448 g/mol. The number of benzene rings is 1. The second-order valence-corrected chi connectivity index (χ2v) is 9.29. The smallest absolute Gasteiger partial charge is 0.188 e. The number of hydrogen-bond donors (Lipinski definition) is 1. The molecule has 148 valence electrons. The lowest BCUT2D eigenvalue weighted by Gasteiger charge is -2.12. The Balaban J connectivity index is 1.49. The Hall–Kier alpha value is -2.94. The van der Waals surface area contributed by atoms with Crippen LogP contribution in [0, 0.1) is 6.92 Å². The van der Waals surface area contributed by atoms with E-state index < -0.39 is 0 Å². The van der Waals surface area contributed by atoms with E-state index in [1.807, 2.05) is 73.2 Å². The fourth-order valence-corrected chi connectivity index (χ4v) is 5.41. The summed E-state index contributed by atoms with van der Waals surface area (Å²) in [5.41, 5.74) is 1.98. The van der Waals surface area contributed by atoms with Crippen molar-refractivity contribution in [3.8, 4) is 11.5 Å². The van der Waals surface area contributed by atoms with Crippen LogP contribution in [0.5, 0.6) is 11.5 Å². The molecule has 0 aliphatic heterocycles. The molecule has 5 rings (SSSR count). The fourth-order valence-electron chi connectivity index (χ4n) is 2.84. The molecule has 0 fully saturated rings. The van der Waals surface area contributed by atoms with Crippen LogP contribution in [0.3, 0.4) is 0 Å². The number of hydrogen-bond acceptors (Lipinski definition) is 8. The molecule has 0 saturated heterocycles. The van der Waals surface area contributed by atoms with Crippen molar-refractivity contribution >= 4 is 55.6 Å². The first kappa shape index (κ1) is 19.0. The van der Waals surface area contributed by atoms with E-state index in [4.69, 9.17) is 4.74 Å². The van der Waals surface area contributed by atoms with E-state index in [9.17, 15) is 0 Å². The minimum Gasteiger partial charge on any atom is -0.453 e. The van der Waals surface area contributed by atoms with Crippen LogP contribution in [0.25, 0.3) is 10.2 Å². The molecule has 0 radical (unpaired) electrons. The van der Waals surface area contributed by atoms with Gasteiger partial charge in [0, 0.05) is 33.6 Å². The van der Waals surface area contributed by atoms with Gasteiger partial charge >= 0.3 is 0 Å². The molecule has 5 nitrogen and oxygen atoms in total. The predicted octanol–water partition coefficient (Wildman–Crippen LogP) is 7.14. The van der Waals surface area contributed by atoms with Crippen LogP contribution in [0.15, 0.2) is 81.5 Å². The maximum Gasteiger partial charge on any atom is 0.188 e. The lowest BCUT2D eigenvalue weighted by molar-refractivity contribution is 0.481. The van der Waals surface area contributed by atoms with Gasteiger partial charge in [-0.3, -0.25) is 4.98 Å². The van der Waals surface area contributed by atoms with E-state index in [1.165, 1.54) is 4.70 Å². The van der Waals surface area contributed by atoms with Crippen molar-refractivity contribution in [1.82, 2.24) is 15.0 Å². The molecule has 30 heavy (non-hydrogen) atoms. The molecule has 1 aromatic carbocycles. The summed E-state index contributed by atoms with van der Waals surface area (Å²) in [4.78, 5) is 15.7. The van der Waals surface area contributed by atoms with Crippen LogP contribution >= 0.6 is 34.4 Å². The minimum absolute atomic E-state index is 0.633. The van der Waals surface area contributed by atoms with E-state index in [1.54, 1.807) is 34.4 Å². The number of ether oxygens (including phenoxy) is 1. The highest BCUT2D eigenvalue weighted by atomic mass is 32.2. The molecular formula is C22H16N4OS3. The molecular weight excluding hydrogens is 432 g/mol. The third-order valence-electron chi connectivity index (χ3n) is 4.18. The molecule has 0 bridgehead atoms. The van der Waals surface area contributed by atoms with Crippen LogP contribution in [0.1, 0.15) is 5.69 Å². The van der Waals surface area contributed by atoms with Crippen LogP contribution in [-0.4, -0.2) is 15.0 Å². The number of nitrogens with one attached hydrogen (secondary N) is 1. The lowest BCUT2D eigenvalue weighted by Crippen LogP contribution is -1.97. The van der Waals surface area contributed by atoms with Crippen LogP contribution in [0.2, 0.25) is 0 Å². The topological polar surface area (TPSA) is 59.9 Å². The summed E-state index contributed by atoms with van der Waals surface area (Å²) < 4.78 is 7.34. The van der Waals surface area contributed by atoms with Crippen LogP contribution < -0.4 is 10.1 Å². The number of fused-ring (bicyclic) bond motifs is 1.